The summed E-state index contributed by atoms with van der Waals surface area (Å²) < 4.78 is 13.6. The molecule has 0 spiro atoms. The number of benzene rings is 1. The largest absolute Gasteiger partial charge is 0.339 e. The molecule has 0 aliphatic carbocycles. The van der Waals surface area contributed by atoms with E-state index in [0.29, 0.717) is 18.1 Å². The monoisotopic (exact) mass is 255 g/mol. The SMILES string of the molecule is O=C(c1cc(Cl)ccc1F)N1CCCCCC1. The van der Waals surface area contributed by atoms with E-state index >= 15 is 0 Å². The van der Waals surface area contributed by atoms with Gasteiger partial charge in [-0.15, -0.1) is 0 Å². The van der Waals surface area contributed by atoms with Crippen molar-refractivity contribution in [1.82, 2.24) is 4.90 Å². The van der Waals surface area contributed by atoms with Gasteiger partial charge in [0.25, 0.3) is 5.91 Å². The van der Waals surface area contributed by atoms with Crippen LogP contribution >= 0.6 is 11.6 Å². The van der Waals surface area contributed by atoms with Crippen molar-refractivity contribution in [3.63, 3.8) is 0 Å². The summed E-state index contributed by atoms with van der Waals surface area (Å²) in [4.78, 5) is 13.9. The molecule has 0 atom stereocenters. The predicted octanol–water partition coefficient (Wildman–Crippen LogP) is 3.50. The first kappa shape index (κ1) is 12.4. The number of nitrogens with zero attached hydrogens (tertiary/aromatic N) is 1. The molecule has 0 bridgehead atoms. The van der Waals surface area contributed by atoms with Crippen LogP contribution in [0.5, 0.6) is 0 Å². The van der Waals surface area contributed by atoms with E-state index in [1.54, 1.807) is 4.90 Å². The summed E-state index contributed by atoms with van der Waals surface area (Å²) >= 11 is 5.79. The van der Waals surface area contributed by atoms with Crippen LogP contribution in [-0.2, 0) is 0 Å². The zero-order valence-corrected chi connectivity index (χ0v) is 10.3. The summed E-state index contributed by atoms with van der Waals surface area (Å²) in [7, 11) is 0. The van der Waals surface area contributed by atoms with Crippen LogP contribution in [0.4, 0.5) is 4.39 Å². The second kappa shape index (κ2) is 5.50. The molecule has 1 amide bonds. The maximum absolute atomic E-state index is 13.6. The van der Waals surface area contributed by atoms with Gasteiger partial charge in [0.15, 0.2) is 0 Å². The van der Waals surface area contributed by atoms with Gasteiger partial charge in [0.1, 0.15) is 5.82 Å². The van der Waals surface area contributed by atoms with Gasteiger partial charge in [0.05, 0.1) is 5.56 Å². The van der Waals surface area contributed by atoms with Crippen LogP contribution in [0.2, 0.25) is 5.02 Å². The fourth-order valence-corrected chi connectivity index (χ4v) is 2.28. The first-order valence-corrected chi connectivity index (χ1v) is 6.30. The van der Waals surface area contributed by atoms with Crippen molar-refractivity contribution in [1.29, 1.82) is 0 Å². The second-order valence-corrected chi connectivity index (χ2v) is 4.77. The van der Waals surface area contributed by atoms with Gasteiger partial charge in [-0.2, -0.15) is 0 Å². The molecule has 1 heterocycles. The minimum absolute atomic E-state index is 0.0828. The Morgan fingerprint density at radius 2 is 1.82 bits per heavy atom. The van der Waals surface area contributed by atoms with E-state index < -0.39 is 5.82 Å². The van der Waals surface area contributed by atoms with Crippen molar-refractivity contribution in [3.05, 3.63) is 34.6 Å². The van der Waals surface area contributed by atoms with Gasteiger partial charge >= 0.3 is 0 Å². The molecule has 0 saturated carbocycles. The van der Waals surface area contributed by atoms with E-state index in [4.69, 9.17) is 11.6 Å². The van der Waals surface area contributed by atoms with Crippen LogP contribution in [0.3, 0.4) is 0 Å². The molecular formula is C13H15ClFNO. The Bertz CT molecular complexity index is 414. The molecule has 1 aliphatic heterocycles. The minimum atomic E-state index is -0.497. The zero-order chi connectivity index (χ0) is 12.3. The molecule has 1 aromatic carbocycles. The predicted molar refractivity (Wildman–Crippen MR) is 65.8 cm³/mol. The molecule has 1 aliphatic rings. The quantitative estimate of drug-likeness (QED) is 0.752. The number of halogens is 2. The molecule has 2 rings (SSSR count). The third-order valence-corrected chi connectivity index (χ3v) is 3.29. The number of hydrogen-bond acceptors (Lipinski definition) is 1. The summed E-state index contributed by atoms with van der Waals surface area (Å²) in [6.07, 6.45) is 4.27. The van der Waals surface area contributed by atoms with E-state index in [2.05, 4.69) is 0 Å². The van der Waals surface area contributed by atoms with Gasteiger partial charge in [0, 0.05) is 18.1 Å². The number of carbonyl (C=O) groups excluding carboxylic acids is 1. The summed E-state index contributed by atoms with van der Waals surface area (Å²) in [5.41, 5.74) is 0.0828. The molecule has 92 valence electrons. The van der Waals surface area contributed by atoms with Gasteiger partial charge in [-0.3, -0.25) is 4.79 Å². The Hall–Kier alpha value is -1.09. The average Bonchev–Trinajstić information content (AvgIpc) is 2.60. The normalized spacial score (nSPS) is 16.7. The molecule has 1 aromatic rings. The fourth-order valence-electron chi connectivity index (χ4n) is 2.11. The lowest BCUT2D eigenvalue weighted by molar-refractivity contribution is 0.0757. The van der Waals surface area contributed by atoms with Gasteiger partial charge in [-0.05, 0) is 31.0 Å². The van der Waals surface area contributed by atoms with Crippen molar-refractivity contribution in [2.75, 3.05) is 13.1 Å². The van der Waals surface area contributed by atoms with Gasteiger partial charge in [0.2, 0.25) is 0 Å². The standard InChI is InChI=1S/C13H15ClFNO/c14-10-5-6-12(15)11(9-10)13(17)16-7-3-1-2-4-8-16/h5-6,9H,1-4,7-8H2. The molecular weight excluding hydrogens is 241 g/mol. The van der Waals surface area contributed by atoms with Crippen LogP contribution in [-0.4, -0.2) is 23.9 Å². The molecule has 0 unspecified atom stereocenters. The van der Waals surface area contributed by atoms with Crippen LogP contribution in [0.25, 0.3) is 0 Å². The molecule has 0 aromatic heterocycles. The fraction of sp³-hybridized carbons (Fsp3) is 0.462. The smallest absolute Gasteiger partial charge is 0.256 e. The minimum Gasteiger partial charge on any atom is -0.339 e. The Balaban J connectivity index is 2.20. The Labute approximate surface area is 105 Å². The number of amides is 1. The van der Waals surface area contributed by atoms with Gasteiger partial charge in [-0.25, -0.2) is 4.39 Å². The van der Waals surface area contributed by atoms with Crippen LogP contribution in [0, 0.1) is 5.82 Å². The Kier molecular flexibility index (Phi) is 4.00. The highest BCUT2D eigenvalue weighted by Crippen LogP contribution is 2.19. The molecule has 1 fully saturated rings. The average molecular weight is 256 g/mol. The lowest BCUT2D eigenvalue weighted by atomic mass is 10.2. The van der Waals surface area contributed by atoms with Gasteiger partial charge in [-0.1, -0.05) is 24.4 Å². The summed E-state index contributed by atoms with van der Waals surface area (Å²) in [6, 6.07) is 4.10. The van der Waals surface area contributed by atoms with Crippen LogP contribution in [0.15, 0.2) is 18.2 Å². The highest BCUT2D eigenvalue weighted by molar-refractivity contribution is 6.30. The first-order valence-electron chi connectivity index (χ1n) is 5.93. The summed E-state index contributed by atoms with van der Waals surface area (Å²) in [5, 5.41) is 0.393. The third kappa shape index (κ3) is 2.97. The molecule has 0 radical (unpaired) electrons. The van der Waals surface area contributed by atoms with E-state index in [1.165, 1.54) is 18.2 Å². The topological polar surface area (TPSA) is 20.3 Å². The lowest BCUT2D eigenvalue weighted by Gasteiger charge is -2.20. The second-order valence-electron chi connectivity index (χ2n) is 4.33. The third-order valence-electron chi connectivity index (χ3n) is 3.05. The first-order chi connectivity index (χ1) is 8.18. The van der Waals surface area contributed by atoms with E-state index in [0.717, 1.165) is 25.7 Å². The lowest BCUT2D eigenvalue weighted by Crippen LogP contribution is -2.32. The van der Waals surface area contributed by atoms with E-state index in [1.807, 2.05) is 0 Å². The number of likely N-dealkylation sites (tertiary alicyclic amines) is 1. The summed E-state index contributed by atoms with van der Waals surface area (Å²) in [6.45, 7) is 1.43. The van der Waals surface area contributed by atoms with Crippen molar-refractivity contribution >= 4 is 17.5 Å². The highest BCUT2D eigenvalue weighted by Gasteiger charge is 2.20. The zero-order valence-electron chi connectivity index (χ0n) is 9.59. The summed E-state index contributed by atoms with van der Waals surface area (Å²) in [5.74, 6) is -0.740. The molecule has 0 N–H and O–H groups in total. The maximum Gasteiger partial charge on any atom is 0.256 e. The van der Waals surface area contributed by atoms with Crippen molar-refractivity contribution in [2.24, 2.45) is 0 Å². The highest BCUT2D eigenvalue weighted by atomic mass is 35.5. The van der Waals surface area contributed by atoms with Crippen molar-refractivity contribution < 1.29 is 9.18 Å². The Morgan fingerprint density at radius 3 is 2.47 bits per heavy atom. The van der Waals surface area contributed by atoms with E-state index in [9.17, 15) is 9.18 Å². The molecule has 1 saturated heterocycles. The number of rotatable bonds is 1. The van der Waals surface area contributed by atoms with Gasteiger partial charge < -0.3 is 4.90 Å². The number of carbonyl (C=O) groups is 1. The van der Waals surface area contributed by atoms with Crippen molar-refractivity contribution in [3.8, 4) is 0 Å². The van der Waals surface area contributed by atoms with Crippen molar-refractivity contribution in [2.45, 2.75) is 25.7 Å². The maximum atomic E-state index is 13.6. The van der Waals surface area contributed by atoms with E-state index in [-0.39, 0.29) is 11.5 Å². The number of hydrogen-bond donors (Lipinski definition) is 0. The van der Waals surface area contributed by atoms with Crippen LogP contribution in [0.1, 0.15) is 36.0 Å². The molecule has 2 nitrogen and oxygen atoms in total. The van der Waals surface area contributed by atoms with Crippen LogP contribution < -0.4 is 0 Å². The molecule has 17 heavy (non-hydrogen) atoms. The molecule has 4 heteroatoms. The Morgan fingerprint density at radius 1 is 1.18 bits per heavy atom.